The van der Waals surface area contributed by atoms with Gasteiger partial charge in [-0.1, -0.05) is 24.3 Å². The van der Waals surface area contributed by atoms with Crippen molar-refractivity contribution in [3.8, 4) is 0 Å². The minimum Gasteiger partial charge on any atom is -0.480 e. The molecular weight excluding hydrogens is 256 g/mol. The number of benzene rings is 1. The molecule has 5 heteroatoms. The lowest BCUT2D eigenvalue weighted by Gasteiger charge is -2.33. The van der Waals surface area contributed by atoms with Crippen molar-refractivity contribution in [2.75, 3.05) is 6.54 Å². The number of nitrogens with zero attached hydrogens (tertiary/aromatic N) is 1. The van der Waals surface area contributed by atoms with Gasteiger partial charge in [0.15, 0.2) is 0 Å². The number of hydrogen-bond donors (Lipinski definition) is 2. The molecule has 1 amide bonds. The van der Waals surface area contributed by atoms with Crippen LogP contribution in [0, 0.1) is 0 Å². The summed E-state index contributed by atoms with van der Waals surface area (Å²) in [5, 5.41) is 9.21. The lowest BCUT2D eigenvalue weighted by atomic mass is 9.99. The fraction of sp³-hybridized carbons (Fsp3) is 0.467. The molecule has 1 unspecified atom stereocenters. The van der Waals surface area contributed by atoms with Gasteiger partial charge in [0.1, 0.15) is 6.04 Å². The van der Waals surface area contributed by atoms with Crippen LogP contribution in [0.5, 0.6) is 0 Å². The number of hydrogen-bond acceptors (Lipinski definition) is 3. The second-order valence-electron chi connectivity index (χ2n) is 5.09. The van der Waals surface area contributed by atoms with Gasteiger partial charge in [0.05, 0.1) is 6.42 Å². The Morgan fingerprint density at radius 1 is 1.25 bits per heavy atom. The Balaban J connectivity index is 2.12. The van der Waals surface area contributed by atoms with Gasteiger partial charge in [0, 0.05) is 13.1 Å². The Bertz CT molecular complexity index is 502. The zero-order valence-electron chi connectivity index (χ0n) is 11.4. The molecule has 1 aliphatic rings. The van der Waals surface area contributed by atoms with Crippen molar-refractivity contribution >= 4 is 11.9 Å². The van der Waals surface area contributed by atoms with E-state index in [1.54, 1.807) is 0 Å². The number of carboxylic acid groups (broad SMARTS) is 1. The lowest BCUT2D eigenvalue weighted by Crippen LogP contribution is -2.48. The highest BCUT2D eigenvalue weighted by atomic mass is 16.4. The predicted molar refractivity (Wildman–Crippen MR) is 75.0 cm³/mol. The third-order valence-electron chi connectivity index (χ3n) is 3.79. The third-order valence-corrected chi connectivity index (χ3v) is 3.79. The molecule has 1 aromatic rings. The first-order valence-corrected chi connectivity index (χ1v) is 6.92. The Kier molecular flexibility index (Phi) is 4.74. The predicted octanol–water partition coefficient (Wildman–Crippen LogP) is 1.15. The van der Waals surface area contributed by atoms with Crippen molar-refractivity contribution in [1.82, 2.24) is 4.90 Å². The van der Waals surface area contributed by atoms with Crippen molar-refractivity contribution in [1.29, 1.82) is 0 Å². The number of amides is 1. The van der Waals surface area contributed by atoms with Crippen molar-refractivity contribution in [2.45, 2.75) is 38.3 Å². The van der Waals surface area contributed by atoms with Crippen molar-refractivity contribution in [3.05, 3.63) is 35.4 Å². The number of piperidine rings is 1. The fourth-order valence-corrected chi connectivity index (χ4v) is 2.68. The second kappa shape index (κ2) is 6.52. The fourth-order valence-electron chi connectivity index (χ4n) is 2.68. The summed E-state index contributed by atoms with van der Waals surface area (Å²) in [6.45, 7) is 0.909. The number of likely N-dealkylation sites (tertiary alicyclic amines) is 1. The van der Waals surface area contributed by atoms with Crippen LogP contribution in [0.2, 0.25) is 0 Å². The van der Waals surface area contributed by atoms with Gasteiger partial charge in [0.2, 0.25) is 5.91 Å². The standard InChI is InChI=1S/C15H20N2O3/c16-10-12-6-2-1-5-11(12)9-14(18)17-8-4-3-7-13(17)15(19)20/h1-2,5-6,13H,3-4,7-10,16H2,(H,19,20). The van der Waals surface area contributed by atoms with Gasteiger partial charge >= 0.3 is 5.97 Å². The van der Waals surface area contributed by atoms with Crippen LogP contribution in [-0.2, 0) is 22.6 Å². The van der Waals surface area contributed by atoms with Crippen LogP contribution < -0.4 is 5.73 Å². The van der Waals surface area contributed by atoms with Gasteiger partial charge < -0.3 is 15.7 Å². The molecule has 3 N–H and O–H groups in total. The molecule has 0 bridgehead atoms. The first-order chi connectivity index (χ1) is 9.63. The Morgan fingerprint density at radius 2 is 1.95 bits per heavy atom. The average Bonchev–Trinajstić information content (AvgIpc) is 2.47. The zero-order valence-corrected chi connectivity index (χ0v) is 11.4. The van der Waals surface area contributed by atoms with Gasteiger partial charge in [0.25, 0.3) is 0 Å². The summed E-state index contributed by atoms with van der Waals surface area (Å²) in [5.41, 5.74) is 7.48. The smallest absolute Gasteiger partial charge is 0.326 e. The maximum atomic E-state index is 12.4. The van der Waals surface area contributed by atoms with Gasteiger partial charge in [-0.05, 0) is 30.4 Å². The molecule has 0 radical (unpaired) electrons. The molecule has 0 aliphatic carbocycles. The van der Waals surface area contributed by atoms with Gasteiger partial charge in [-0.2, -0.15) is 0 Å². The average molecular weight is 276 g/mol. The Morgan fingerprint density at radius 3 is 2.60 bits per heavy atom. The summed E-state index contributed by atoms with van der Waals surface area (Å²) in [4.78, 5) is 25.1. The Hall–Kier alpha value is -1.88. The van der Waals surface area contributed by atoms with Gasteiger partial charge in [-0.15, -0.1) is 0 Å². The van der Waals surface area contributed by atoms with Crippen LogP contribution in [-0.4, -0.2) is 34.5 Å². The highest BCUT2D eigenvalue weighted by Crippen LogP contribution is 2.19. The van der Waals surface area contributed by atoms with Crippen LogP contribution >= 0.6 is 0 Å². The molecule has 1 aliphatic heterocycles. The summed E-state index contributed by atoms with van der Waals surface area (Å²) in [5.74, 6) is -1.04. The SMILES string of the molecule is NCc1ccccc1CC(=O)N1CCCCC1C(=O)O. The molecule has 5 nitrogen and oxygen atoms in total. The molecule has 1 saturated heterocycles. The molecule has 1 atom stereocenters. The maximum Gasteiger partial charge on any atom is 0.326 e. The summed E-state index contributed by atoms with van der Waals surface area (Å²) >= 11 is 0. The number of nitrogens with two attached hydrogens (primary N) is 1. The van der Waals surface area contributed by atoms with Crippen LogP contribution in [0.3, 0.4) is 0 Å². The van der Waals surface area contributed by atoms with Crippen LogP contribution in [0.15, 0.2) is 24.3 Å². The monoisotopic (exact) mass is 276 g/mol. The number of carboxylic acids is 1. The summed E-state index contributed by atoms with van der Waals surface area (Å²) in [6.07, 6.45) is 2.49. The maximum absolute atomic E-state index is 12.4. The van der Waals surface area contributed by atoms with E-state index in [0.717, 1.165) is 24.0 Å². The van der Waals surface area contributed by atoms with E-state index in [9.17, 15) is 14.7 Å². The number of aliphatic carboxylic acids is 1. The summed E-state index contributed by atoms with van der Waals surface area (Å²) in [7, 11) is 0. The van der Waals surface area contributed by atoms with Crippen molar-refractivity contribution in [2.24, 2.45) is 5.73 Å². The van der Waals surface area contributed by atoms with E-state index < -0.39 is 12.0 Å². The highest BCUT2D eigenvalue weighted by Gasteiger charge is 2.31. The van der Waals surface area contributed by atoms with Gasteiger partial charge in [-0.3, -0.25) is 4.79 Å². The van der Waals surface area contributed by atoms with E-state index in [4.69, 9.17) is 5.73 Å². The first kappa shape index (κ1) is 14.5. The minimum absolute atomic E-state index is 0.127. The van der Waals surface area contributed by atoms with Crippen LogP contribution in [0.25, 0.3) is 0 Å². The molecule has 1 heterocycles. The van der Waals surface area contributed by atoms with Crippen molar-refractivity contribution < 1.29 is 14.7 Å². The third kappa shape index (κ3) is 3.17. The highest BCUT2D eigenvalue weighted by molar-refractivity contribution is 5.85. The van der Waals surface area contributed by atoms with Crippen molar-refractivity contribution in [3.63, 3.8) is 0 Å². The van der Waals surface area contributed by atoms with Gasteiger partial charge in [-0.25, -0.2) is 4.79 Å². The van der Waals surface area contributed by atoms with E-state index in [1.807, 2.05) is 24.3 Å². The first-order valence-electron chi connectivity index (χ1n) is 6.92. The molecule has 20 heavy (non-hydrogen) atoms. The molecule has 0 aromatic heterocycles. The normalized spacial score (nSPS) is 18.9. The molecule has 108 valence electrons. The topological polar surface area (TPSA) is 83.6 Å². The second-order valence-corrected chi connectivity index (χ2v) is 5.09. The molecule has 0 spiro atoms. The lowest BCUT2D eigenvalue weighted by molar-refractivity contribution is -0.151. The molecular formula is C15H20N2O3. The molecule has 0 saturated carbocycles. The number of rotatable bonds is 4. The quantitative estimate of drug-likeness (QED) is 0.864. The van der Waals surface area contributed by atoms with E-state index >= 15 is 0 Å². The van der Waals surface area contributed by atoms with Crippen LogP contribution in [0.1, 0.15) is 30.4 Å². The summed E-state index contributed by atoms with van der Waals surface area (Å²) < 4.78 is 0. The molecule has 1 aromatic carbocycles. The zero-order chi connectivity index (χ0) is 14.5. The van der Waals surface area contributed by atoms with E-state index in [-0.39, 0.29) is 12.3 Å². The minimum atomic E-state index is -0.912. The summed E-state index contributed by atoms with van der Waals surface area (Å²) in [6, 6.07) is 6.85. The van der Waals surface area contributed by atoms with E-state index in [2.05, 4.69) is 0 Å². The van der Waals surface area contributed by atoms with E-state index in [1.165, 1.54) is 4.90 Å². The molecule has 1 fully saturated rings. The number of carbonyl (C=O) groups is 2. The van der Waals surface area contributed by atoms with E-state index in [0.29, 0.717) is 19.5 Å². The van der Waals surface area contributed by atoms with Crippen LogP contribution in [0.4, 0.5) is 0 Å². The Labute approximate surface area is 118 Å². The molecule has 2 rings (SSSR count). The largest absolute Gasteiger partial charge is 0.480 e. The number of carbonyl (C=O) groups excluding carboxylic acids is 1.